The molecule has 208 valence electrons. The van der Waals surface area contributed by atoms with Crippen molar-refractivity contribution in [2.75, 3.05) is 17.6 Å². The quantitative estimate of drug-likeness (QED) is 0.529. The van der Waals surface area contributed by atoms with E-state index in [9.17, 15) is 53.8 Å². The van der Waals surface area contributed by atoms with Crippen LogP contribution in [0.25, 0.3) is 0 Å². The average Bonchev–Trinajstić information content (AvgIpc) is 2.81. The van der Waals surface area contributed by atoms with Gasteiger partial charge >= 0.3 is 12.4 Å². The van der Waals surface area contributed by atoms with Gasteiger partial charge in [-0.2, -0.15) is 26.3 Å². The first-order valence-electron chi connectivity index (χ1n) is 10.9. The Balaban J connectivity index is 2.00. The zero-order valence-electron chi connectivity index (χ0n) is 19.7. The summed E-state index contributed by atoms with van der Waals surface area (Å²) in [6.07, 6.45) is -12.3. The van der Waals surface area contributed by atoms with Gasteiger partial charge in [0.05, 0.1) is 16.3 Å². The predicted octanol–water partition coefficient (Wildman–Crippen LogP) is 4.02. The zero-order chi connectivity index (χ0) is 28.8. The molecule has 1 heterocycles. The number of amides is 2. The lowest BCUT2D eigenvalue weighted by atomic mass is 9.91. The molecule has 3 rings (SSSR count). The van der Waals surface area contributed by atoms with Crippen molar-refractivity contribution in [2.24, 2.45) is 0 Å². The van der Waals surface area contributed by atoms with Crippen molar-refractivity contribution in [3.05, 3.63) is 58.9 Å². The third kappa shape index (κ3) is 5.08. The summed E-state index contributed by atoms with van der Waals surface area (Å²) in [6.45, 7) is 2.56. The van der Waals surface area contributed by atoms with E-state index in [0.717, 1.165) is 11.8 Å². The molecule has 0 fully saturated rings. The molecular weight excluding hydrogens is 549 g/mol. The summed E-state index contributed by atoms with van der Waals surface area (Å²) >= 11 is 0. The highest BCUT2D eigenvalue weighted by Gasteiger charge is 2.71. The highest BCUT2D eigenvalue weighted by molar-refractivity contribution is 7.91. The Morgan fingerprint density at radius 1 is 1.05 bits per heavy atom. The van der Waals surface area contributed by atoms with Gasteiger partial charge in [0.25, 0.3) is 11.5 Å². The molecular formula is C23H21F7N2O5S. The van der Waals surface area contributed by atoms with E-state index >= 15 is 0 Å². The molecule has 0 spiro atoms. The lowest BCUT2D eigenvalue weighted by Crippen LogP contribution is -2.54. The first kappa shape index (κ1) is 29.4. The maximum atomic E-state index is 14.7. The normalized spacial score (nSPS) is 16.7. The molecule has 2 amide bonds. The smallest absolute Gasteiger partial charge is 0.369 e. The molecule has 0 bridgehead atoms. The van der Waals surface area contributed by atoms with E-state index in [4.69, 9.17) is 0 Å². The fourth-order valence-electron chi connectivity index (χ4n) is 4.12. The van der Waals surface area contributed by atoms with Crippen LogP contribution in [0.2, 0.25) is 0 Å². The number of sulfone groups is 1. The highest BCUT2D eigenvalue weighted by atomic mass is 32.2. The SMILES string of the molecule is CCS(=O)(=O)c1ccc2c(c1)CCN(C(C)=O)C2C(=O)Nc1ccc(C(O)(C(F)(F)F)C(F)(F)F)cc1F. The molecule has 2 N–H and O–H groups in total. The van der Waals surface area contributed by atoms with E-state index in [1.54, 1.807) is 0 Å². The van der Waals surface area contributed by atoms with Crippen LogP contribution in [-0.2, 0) is 31.4 Å². The van der Waals surface area contributed by atoms with Crippen LogP contribution in [0.4, 0.5) is 36.4 Å². The Morgan fingerprint density at radius 2 is 1.66 bits per heavy atom. The van der Waals surface area contributed by atoms with Gasteiger partial charge in [0, 0.05) is 19.0 Å². The van der Waals surface area contributed by atoms with E-state index in [1.165, 1.54) is 25.1 Å². The molecule has 0 aromatic heterocycles. The molecule has 1 aliphatic heterocycles. The second kappa shape index (κ2) is 9.84. The lowest BCUT2D eigenvalue weighted by molar-refractivity contribution is -0.376. The van der Waals surface area contributed by atoms with Gasteiger partial charge in [-0.15, -0.1) is 0 Å². The standard InChI is InChI=1S/C23H21F7N2O5S/c1-3-38(36,37)15-5-6-16-13(10-15)8-9-32(12(2)33)19(16)20(34)31-18-7-4-14(11-17(18)24)21(35,22(25,26)27)23(28,29)30/h4-7,10-11,19,35H,3,8-9H2,1-2H3,(H,31,34). The highest BCUT2D eigenvalue weighted by Crippen LogP contribution is 2.50. The fourth-order valence-corrected chi connectivity index (χ4v) is 5.05. The third-order valence-corrected chi connectivity index (χ3v) is 7.93. The second-order valence-corrected chi connectivity index (χ2v) is 10.8. The van der Waals surface area contributed by atoms with Gasteiger partial charge in [0.2, 0.25) is 5.91 Å². The van der Waals surface area contributed by atoms with Gasteiger partial charge in [-0.3, -0.25) is 9.59 Å². The molecule has 1 atom stereocenters. The first-order chi connectivity index (χ1) is 17.3. The lowest BCUT2D eigenvalue weighted by Gasteiger charge is -2.36. The Bertz CT molecular complexity index is 1360. The number of anilines is 1. The summed E-state index contributed by atoms with van der Waals surface area (Å²) in [5.41, 5.74) is -7.42. The van der Waals surface area contributed by atoms with Crippen molar-refractivity contribution in [2.45, 2.75) is 49.2 Å². The number of carbonyl (C=O) groups excluding carboxylic acids is 2. The maximum absolute atomic E-state index is 14.7. The van der Waals surface area contributed by atoms with Crippen molar-refractivity contribution >= 4 is 27.3 Å². The molecule has 0 aliphatic carbocycles. The fraction of sp³-hybridized carbons (Fsp3) is 0.391. The molecule has 15 heteroatoms. The van der Waals surface area contributed by atoms with Crippen LogP contribution in [0.1, 0.15) is 36.6 Å². The largest absolute Gasteiger partial charge is 0.430 e. The first-order valence-corrected chi connectivity index (χ1v) is 12.6. The van der Waals surface area contributed by atoms with Crippen LogP contribution < -0.4 is 5.32 Å². The summed E-state index contributed by atoms with van der Waals surface area (Å²) < 4.78 is 118. The van der Waals surface area contributed by atoms with Gasteiger partial charge < -0.3 is 15.3 Å². The van der Waals surface area contributed by atoms with Crippen molar-refractivity contribution in [1.29, 1.82) is 0 Å². The number of halogens is 7. The van der Waals surface area contributed by atoms with Gasteiger partial charge in [0.1, 0.15) is 11.9 Å². The summed E-state index contributed by atoms with van der Waals surface area (Å²) in [4.78, 5) is 26.4. The molecule has 1 unspecified atom stereocenters. The Kier molecular flexibility index (Phi) is 7.60. The molecule has 0 saturated carbocycles. The molecule has 2 aromatic rings. The van der Waals surface area contributed by atoms with Crippen LogP contribution >= 0.6 is 0 Å². The average molecular weight is 570 g/mol. The van der Waals surface area contributed by atoms with Gasteiger partial charge in [-0.25, -0.2) is 12.8 Å². The zero-order valence-corrected chi connectivity index (χ0v) is 20.6. The van der Waals surface area contributed by atoms with Crippen LogP contribution in [0.15, 0.2) is 41.3 Å². The Labute approximate surface area is 212 Å². The number of nitrogens with one attached hydrogen (secondary N) is 1. The van der Waals surface area contributed by atoms with Crippen LogP contribution in [0.3, 0.4) is 0 Å². The number of hydrogen-bond acceptors (Lipinski definition) is 5. The van der Waals surface area contributed by atoms with Crippen LogP contribution in [-0.4, -0.2) is 54.9 Å². The number of rotatable bonds is 5. The van der Waals surface area contributed by atoms with E-state index in [0.29, 0.717) is 11.6 Å². The minimum atomic E-state index is -6.24. The number of nitrogens with zero attached hydrogens (tertiary/aromatic N) is 1. The number of aliphatic hydroxyl groups is 1. The topological polar surface area (TPSA) is 104 Å². The number of benzene rings is 2. The molecule has 2 aromatic carbocycles. The molecule has 38 heavy (non-hydrogen) atoms. The van der Waals surface area contributed by atoms with E-state index < -0.39 is 62.7 Å². The van der Waals surface area contributed by atoms with Crippen molar-refractivity contribution < 1.29 is 53.8 Å². The van der Waals surface area contributed by atoms with E-state index in [2.05, 4.69) is 0 Å². The summed E-state index contributed by atoms with van der Waals surface area (Å²) in [7, 11) is -3.60. The van der Waals surface area contributed by atoms with Gasteiger partial charge in [0.15, 0.2) is 9.84 Å². The number of carbonyl (C=O) groups is 2. The number of alkyl halides is 6. The second-order valence-electron chi connectivity index (χ2n) is 8.52. The van der Waals surface area contributed by atoms with Gasteiger partial charge in [-0.05, 0) is 41.8 Å². The maximum Gasteiger partial charge on any atom is 0.430 e. The Morgan fingerprint density at radius 3 is 2.16 bits per heavy atom. The van der Waals surface area contributed by atoms with Crippen molar-refractivity contribution in [1.82, 2.24) is 4.90 Å². The summed E-state index contributed by atoms with van der Waals surface area (Å²) in [5, 5.41) is 11.5. The summed E-state index contributed by atoms with van der Waals surface area (Å²) in [6, 6.07) is 2.86. The minimum Gasteiger partial charge on any atom is -0.369 e. The number of hydrogen-bond donors (Lipinski definition) is 2. The van der Waals surface area contributed by atoms with Gasteiger partial charge in [-0.1, -0.05) is 19.1 Å². The Hall–Kier alpha value is -3.20. The molecule has 7 nitrogen and oxygen atoms in total. The minimum absolute atomic E-state index is 0.0161. The monoisotopic (exact) mass is 570 g/mol. The molecule has 0 saturated heterocycles. The predicted molar refractivity (Wildman–Crippen MR) is 119 cm³/mol. The summed E-state index contributed by atoms with van der Waals surface area (Å²) in [5.74, 6) is -3.53. The van der Waals surface area contributed by atoms with Crippen molar-refractivity contribution in [3.63, 3.8) is 0 Å². The molecule has 0 radical (unpaired) electrons. The van der Waals surface area contributed by atoms with E-state index in [1.807, 2.05) is 5.32 Å². The van der Waals surface area contributed by atoms with Crippen LogP contribution in [0.5, 0.6) is 0 Å². The van der Waals surface area contributed by atoms with Crippen molar-refractivity contribution in [3.8, 4) is 0 Å². The van der Waals surface area contributed by atoms with E-state index in [-0.39, 0.29) is 41.3 Å². The number of fused-ring (bicyclic) bond motifs is 1. The molecule has 1 aliphatic rings. The van der Waals surface area contributed by atoms with Crippen LogP contribution in [0, 0.1) is 5.82 Å². The third-order valence-electron chi connectivity index (χ3n) is 6.20.